The molecule has 3 heterocycles. The van der Waals surface area contributed by atoms with Gasteiger partial charge in [0.05, 0.1) is 29.3 Å². The minimum Gasteiger partial charge on any atom is -0.496 e. The summed E-state index contributed by atoms with van der Waals surface area (Å²) in [5, 5.41) is 19.8. The number of aryl methyl sites for hydroxylation is 1. The maximum absolute atomic E-state index is 15.1. The van der Waals surface area contributed by atoms with Gasteiger partial charge < -0.3 is 20.7 Å². The normalized spacial score (nSPS) is 14.7. The van der Waals surface area contributed by atoms with E-state index in [1.54, 1.807) is 30.1 Å². The largest absolute Gasteiger partial charge is 0.496 e. The van der Waals surface area contributed by atoms with E-state index in [1.807, 2.05) is 13.8 Å². The van der Waals surface area contributed by atoms with Gasteiger partial charge in [-0.15, -0.1) is 0 Å². The van der Waals surface area contributed by atoms with Crippen LogP contribution in [0.2, 0.25) is 5.02 Å². The Labute approximate surface area is 251 Å². The third-order valence-corrected chi connectivity index (χ3v) is 6.86. The Bertz CT molecular complexity index is 1480. The van der Waals surface area contributed by atoms with Crippen LogP contribution in [0.15, 0.2) is 18.3 Å². The molecule has 244 valence electrons. The van der Waals surface area contributed by atoms with Crippen LogP contribution in [0.5, 0.6) is 5.75 Å². The molecule has 0 radical (unpaired) electrons. The summed E-state index contributed by atoms with van der Waals surface area (Å²) in [5.41, 5.74) is 9.56. The summed E-state index contributed by atoms with van der Waals surface area (Å²) in [6.07, 6.45) is -8.50. The molecule has 0 bridgehead atoms. The third-order valence-electron chi connectivity index (χ3n) is 6.59. The number of ether oxygens (including phenoxy) is 1. The summed E-state index contributed by atoms with van der Waals surface area (Å²) < 4.78 is 86.1. The Kier molecular flexibility index (Phi) is 11.4. The van der Waals surface area contributed by atoms with E-state index in [2.05, 4.69) is 28.8 Å². The lowest BCUT2D eigenvalue weighted by Gasteiger charge is -2.43. The van der Waals surface area contributed by atoms with Gasteiger partial charge in [-0.1, -0.05) is 11.6 Å². The van der Waals surface area contributed by atoms with Crippen LogP contribution in [0.1, 0.15) is 49.6 Å². The molecular formula is C26H29ClF7N5O5. The fraction of sp³-hybridized carbons (Fsp3) is 0.462. The van der Waals surface area contributed by atoms with Gasteiger partial charge in [0.15, 0.2) is 5.65 Å². The molecule has 4 N–H and O–H groups in total. The highest BCUT2D eigenvalue weighted by Gasteiger charge is 2.39. The lowest BCUT2D eigenvalue weighted by atomic mass is 9.87. The number of rotatable bonds is 5. The van der Waals surface area contributed by atoms with E-state index in [4.69, 9.17) is 41.9 Å². The van der Waals surface area contributed by atoms with Crippen molar-refractivity contribution in [3.05, 3.63) is 46.0 Å². The highest BCUT2D eigenvalue weighted by molar-refractivity contribution is 6.31. The first-order valence-corrected chi connectivity index (χ1v) is 13.0. The molecule has 10 nitrogen and oxygen atoms in total. The molecule has 1 fully saturated rings. The molecule has 4 rings (SSSR count). The second-order valence-electron chi connectivity index (χ2n) is 9.86. The summed E-state index contributed by atoms with van der Waals surface area (Å²) in [6.45, 7) is 9.72. The van der Waals surface area contributed by atoms with Crippen LogP contribution in [0.4, 0.5) is 36.4 Å². The lowest BCUT2D eigenvalue weighted by molar-refractivity contribution is -0.193. The fourth-order valence-electron chi connectivity index (χ4n) is 4.34. The van der Waals surface area contributed by atoms with Crippen molar-refractivity contribution >= 4 is 40.3 Å². The van der Waals surface area contributed by atoms with Crippen LogP contribution in [0.25, 0.3) is 11.0 Å². The van der Waals surface area contributed by atoms with Gasteiger partial charge in [0.25, 0.3) is 0 Å². The number of alkyl halides is 6. The first-order valence-electron chi connectivity index (χ1n) is 12.6. The zero-order valence-corrected chi connectivity index (χ0v) is 24.6. The number of fused-ring (bicyclic) bond motifs is 1. The van der Waals surface area contributed by atoms with Gasteiger partial charge >= 0.3 is 24.3 Å². The van der Waals surface area contributed by atoms with Crippen molar-refractivity contribution in [2.45, 2.75) is 58.0 Å². The summed E-state index contributed by atoms with van der Waals surface area (Å²) in [4.78, 5) is 24.6. The number of carbonyl (C=O) groups is 2. The molecule has 18 heteroatoms. The van der Waals surface area contributed by atoms with E-state index in [-0.39, 0.29) is 17.0 Å². The lowest BCUT2D eigenvalue weighted by Crippen LogP contribution is -2.49. The van der Waals surface area contributed by atoms with Crippen LogP contribution >= 0.6 is 11.6 Å². The van der Waals surface area contributed by atoms with Gasteiger partial charge in [-0.2, -0.15) is 31.4 Å². The number of carboxylic acids is 2. The minimum absolute atomic E-state index is 0.0388. The van der Waals surface area contributed by atoms with E-state index in [0.717, 1.165) is 29.7 Å². The number of halogens is 8. The predicted molar refractivity (Wildman–Crippen MR) is 145 cm³/mol. The van der Waals surface area contributed by atoms with Gasteiger partial charge in [0.1, 0.15) is 11.6 Å². The van der Waals surface area contributed by atoms with E-state index in [1.165, 1.54) is 0 Å². The summed E-state index contributed by atoms with van der Waals surface area (Å²) in [7, 11) is 1.57. The van der Waals surface area contributed by atoms with Gasteiger partial charge in [-0.05, 0) is 39.8 Å². The molecule has 1 atom stereocenters. The number of aromatic nitrogens is 3. The van der Waals surface area contributed by atoms with E-state index in [0.29, 0.717) is 28.7 Å². The monoisotopic (exact) mass is 659 g/mol. The molecule has 2 aromatic heterocycles. The van der Waals surface area contributed by atoms with Crippen LogP contribution in [-0.2, 0) is 9.59 Å². The van der Waals surface area contributed by atoms with Gasteiger partial charge in [0.2, 0.25) is 0 Å². The number of anilines is 1. The van der Waals surface area contributed by atoms with Gasteiger partial charge in [-0.25, -0.2) is 23.6 Å². The quantitative estimate of drug-likeness (QED) is 0.289. The molecule has 0 aliphatic carbocycles. The van der Waals surface area contributed by atoms with Crippen LogP contribution in [0, 0.1) is 12.7 Å². The molecular weight excluding hydrogens is 631 g/mol. The highest BCUT2D eigenvalue weighted by Crippen LogP contribution is 2.44. The molecule has 3 aromatic rings. The van der Waals surface area contributed by atoms with Crippen LogP contribution < -0.4 is 10.5 Å². The maximum Gasteiger partial charge on any atom is 0.490 e. The van der Waals surface area contributed by atoms with Crippen molar-refractivity contribution in [3.63, 3.8) is 0 Å². The average molecular weight is 660 g/mol. The fourth-order valence-corrected chi connectivity index (χ4v) is 4.56. The Morgan fingerprint density at radius 1 is 1.09 bits per heavy atom. The Hall–Kier alpha value is -3.86. The summed E-state index contributed by atoms with van der Waals surface area (Å²) in [5.74, 6) is -5.35. The molecule has 1 saturated heterocycles. The number of pyridine rings is 1. The minimum atomic E-state index is -5.08. The van der Waals surface area contributed by atoms with Crippen molar-refractivity contribution in [1.82, 2.24) is 19.7 Å². The van der Waals surface area contributed by atoms with Gasteiger partial charge in [0, 0.05) is 48.1 Å². The number of hydrogen-bond acceptors (Lipinski definition) is 7. The standard InChI is InChI=1S/C22H27ClFN5O.2C2HF3O2/c1-11(2)28-9-14(10-28)19-20(24)16(23)8-15(21(19)30-5)13(4)29-22-18(12(3)27-29)17(25)6-7-26-22;2*3-2(4,5)1(6)7/h6-8,11,13-14H,9-10H2,1-5H3,(H2,25,26);2*(H,6,7). The Morgan fingerprint density at radius 3 is 2.02 bits per heavy atom. The second-order valence-corrected chi connectivity index (χ2v) is 10.3. The number of nitrogens with zero attached hydrogens (tertiary/aromatic N) is 4. The number of hydrogen-bond donors (Lipinski definition) is 3. The number of nitrogens with two attached hydrogens (primary N) is 1. The topological polar surface area (TPSA) is 144 Å². The van der Waals surface area contributed by atoms with Crippen molar-refractivity contribution < 1.29 is 55.3 Å². The third kappa shape index (κ3) is 8.19. The number of benzene rings is 1. The molecule has 0 spiro atoms. The van der Waals surface area contributed by atoms with Crippen molar-refractivity contribution in [2.24, 2.45) is 0 Å². The van der Waals surface area contributed by atoms with Crippen LogP contribution in [-0.4, -0.2) is 80.4 Å². The van der Waals surface area contributed by atoms with E-state index < -0.39 is 30.1 Å². The summed E-state index contributed by atoms with van der Waals surface area (Å²) >= 11 is 6.34. The number of methoxy groups -OCH3 is 1. The van der Waals surface area contributed by atoms with Crippen LogP contribution in [0.3, 0.4) is 0 Å². The Balaban J connectivity index is 0.000000402. The number of aliphatic carboxylic acids is 2. The average Bonchev–Trinajstić information content (AvgIpc) is 3.22. The SMILES string of the molecule is COc1c(C(C)n2nc(C)c3c(N)ccnc32)cc(Cl)c(F)c1C1CN(C(C)C)C1.O=C(O)C(F)(F)F.O=C(O)C(F)(F)F. The first-order chi connectivity index (χ1) is 20.1. The first kappa shape index (κ1) is 36.3. The van der Waals surface area contributed by atoms with Crippen molar-refractivity contribution in [2.75, 3.05) is 25.9 Å². The number of carboxylic acid groups (broad SMARTS) is 2. The molecule has 44 heavy (non-hydrogen) atoms. The van der Waals surface area contributed by atoms with Gasteiger partial charge in [-0.3, -0.25) is 4.90 Å². The number of likely N-dealkylation sites (tertiary alicyclic amines) is 1. The smallest absolute Gasteiger partial charge is 0.490 e. The zero-order chi connectivity index (χ0) is 33.9. The molecule has 0 amide bonds. The number of nitrogen functional groups attached to an aromatic ring is 1. The molecule has 1 unspecified atom stereocenters. The highest BCUT2D eigenvalue weighted by atomic mass is 35.5. The predicted octanol–water partition coefficient (Wildman–Crippen LogP) is 5.81. The molecule has 0 saturated carbocycles. The van der Waals surface area contributed by atoms with E-state index in [9.17, 15) is 26.3 Å². The zero-order valence-electron chi connectivity index (χ0n) is 23.9. The second kappa shape index (κ2) is 13.8. The summed E-state index contributed by atoms with van der Waals surface area (Å²) in [6, 6.07) is 3.54. The Morgan fingerprint density at radius 2 is 1.59 bits per heavy atom. The van der Waals surface area contributed by atoms with Crippen molar-refractivity contribution in [1.29, 1.82) is 0 Å². The molecule has 1 aliphatic heterocycles. The maximum atomic E-state index is 15.1. The van der Waals surface area contributed by atoms with E-state index >= 15 is 4.39 Å². The van der Waals surface area contributed by atoms with Crippen molar-refractivity contribution in [3.8, 4) is 5.75 Å². The molecule has 1 aliphatic rings. The molecule has 1 aromatic carbocycles.